The predicted octanol–water partition coefficient (Wildman–Crippen LogP) is 2.59. The average Bonchev–Trinajstić information content (AvgIpc) is 3.18. The molecule has 1 aromatic carbocycles. The molecule has 0 spiro atoms. The van der Waals surface area contributed by atoms with Crippen molar-refractivity contribution in [1.29, 1.82) is 0 Å². The second kappa shape index (κ2) is 13.2. The number of carbonyl (C=O) groups is 1. The summed E-state index contributed by atoms with van der Waals surface area (Å²) in [4.78, 5) is 18.4. The number of unbranched alkanes of at least 4 members (excludes halogenated alkanes) is 1. The molecule has 28 heavy (non-hydrogen) atoms. The standard InChI is InChI=1S/C22H36N4O2/c1-3-21(27)26-15-12-20(18-26)25-22(23-4-2)24-14-8-9-16-28-17-13-19-10-6-5-7-11-19/h5-7,10-11,20H,3-4,8-9,12-18H2,1-2H3,(H2,23,24,25). The zero-order valence-corrected chi connectivity index (χ0v) is 17.5. The molecule has 1 aromatic rings. The van der Waals surface area contributed by atoms with Crippen LogP contribution >= 0.6 is 0 Å². The molecule has 156 valence electrons. The van der Waals surface area contributed by atoms with E-state index in [-0.39, 0.29) is 11.9 Å². The minimum Gasteiger partial charge on any atom is -0.381 e. The first kappa shape index (κ1) is 22.2. The summed E-state index contributed by atoms with van der Waals surface area (Å²) in [6.45, 7) is 8.76. The maximum Gasteiger partial charge on any atom is 0.222 e. The van der Waals surface area contributed by atoms with E-state index in [4.69, 9.17) is 4.74 Å². The number of aliphatic imine (C=N–C) groups is 1. The second-order valence-corrected chi connectivity index (χ2v) is 7.14. The Labute approximate surface area is 169 Å². The van der Waals surface area contributed by atoms with Crippen molar-refractivity contribution in [2.45, 2.75) is 52.0 Å². The maximum atomic E-state index is 11.8. The van der Waals surface area contributed by atoms with Crippen LogP contribution in [0.4, 0.5) is 0 Å². The lowest BCUT2D eigenvalue weighted by Crippen LogP contribution is -2.45. The Hall–Kier alpha value is -2.08. The van der Waals surface area contributed by atoms with Gasteiger partial charge in [0.05, 0.1) is 6.61 Å². The van der Waals surface area contributed by atoms with Gasteiger partial charge in [0.2, 0.25) is 5.91 Å². The van der Waals surface area contributed by atoms with Gasteiger partial charge < -0.3 is 20.3 Å². The van der Waals surface area contributed by atoms with E-state index in [2.05, 4.69) is 46.8 Å². The molecule has 1 atom stereocenters. The highest BCUT2D eigenvalue weighted by atomic mass is 16.5. The molecule has 6 nitrogen and oxygen atoms in total. The van der Waals surface area contributed by atoms with Crippen LogP contribution in [0.2, 0.25) is 0 Å². The highest BCUT2D eigenvalue weighted by molar-refractivity contribution is 5.80. The number of likely N-dealkylation sites (tertiary alicyclic amines) is 1. The number of nitrogens with zero attached hydrogens (tertiary/aromatic N) is 2. The first-order valence-corrected chi connectivity index (χ1v) is 10.7. The van der Waals surface area contributed by atoms with Gasteiger partial charge in [-0.05, 0) is 38.2 Å². The molecule has 1 aliphatic rings. The fourth-order valence-corrected chi connectivity index (χ4v) is 3.29. The van der Waals surface area contributed by atoms with Crippen molar-refractivity contribution in [3.05, 3.63) is 35.9 Å². The van der Waals surface area contributed by atoms with Crippen LogP contribution in [0.3, 0.4) is 0 Å². The van der Waals surface area contributed by atoms with Crippen LogP contribution in [-0.4, -0.2) is 62.2 Å². The van der Waals surface area contributed by atoms with Gasteiger partial charge in [0.15, 0.2) is 5.96 Å². The lowest BCUT2D eigenvalue weighted by Gasteiger charge is -2.18. The third kappa shape index (κ3) is 8.30. The molecular weight excluding hydrogens is 352 g/mol. The fraction of sp³-hybridized carbons (Fsp3) is 0.636. The van der Waals surface area contributed by atoms with Crippen molar-refractivity contribution >= 4 is 11.9 Å². The molecule has 2 N–H and O–H groups in total. The molecule has 0 saturated carbocycles. The third-order valence-corrected chi connectivity index (χ3v) is 4.87. The van der Waals surface area contributed by atoms with E-state index in [0.29, 0.717) is 6.42 Å². The fourth-order valence-electron chi connectivity index (χ4n) is 3.29. The molecule has 0 aliphatic carbocycles. The molecular formula is C22H36N4O2. The number of ether oxygens (including phenoxy) is 1. The van der Waals surface area contributed by atoms with E-state index in [9.17, 15) is 4.79 Å². The minimum atomic E-state index is 0.235. The molecule has 1 heterocycles. The number of carbonyl (C=O) groups excluding carboxylic acids is 1. The molecule has 2 rings (SSSR count). The van der Waals surface area contributed by atoms with Crippen LogP contribution in [-0.2, 0) is 16.0 Å². The number of rotatable bonds is 11. The summed E-state index contributed by atoms with van der Waals surface area (Å²) in [5.41, 5.74) is 1.32. The lowest BCUT2D eigenvalue weighted by molar-refractivity contribution is -0.129. The Morgan fingerprint density at radius 1 is 1.21 bits per heavy atom. The van der Waals surface area contributed by atoms with Crippen molar-refractivity contribution in [2.24, 2.45) is 4.99 Å². The van der Waals surface area contributed by atoms with Crippen LogP contribution in [0.25, 0.3) is 0 Å². The molecule has 1 fully saturated rings. The van der Waals surface area contributed by atoms with E-state index in [0.717, 1.165) is 71.0 Å². The van der Waals surface area contributed by atoms with Crippen molar-refractivity contribution in [1.82, 2.24) is 15.5 Å². The molecule has 1 saturated heterocycles. The molecule has 1 amide bonds. The summed E-state index contributed by atoms with van der Waals surface area (Å²) < 4.78 is 5.73. The van der Waals surface area contributed by atoms with E-state index in [1.54, 1.807) is 0 Å². The normalized spacial score (nSPS) is 17.0. The first-order chi connectivity index (χ1) is 13.7. The smallest absolute Gasteiger partial charge is 0.222 e. The van der Waals surface area contributed by atoms with E-state index >= 15 is 0 Å². The third-order valence-electron chi connectivity index (χ3n) is 4.87. The molecule has 6 heteroatoms. The van der Waals surface area contributed by atoms with Crippen LogP contribution < -0.4 is 10.6 Å². The highest BCUT2D eigenvalue weighted by Crippen LogP contribution is 2.10. The second-order valence-electron chi connectivity index (χ2n) is 7.14. The van der Waals surface area contributed by atoms with Crippen LogP contribution in [0.5, 0.6) is 0 Å². The van der Waals surface area contributed by atoms with Gasteiger partial charge in [0, 0.05) is 45.2 Å². The van der Waals surface area contributed by atoms with E-state index in [1.807, 2.05) is 17.9 Å². The Balaban J connectivity index is 1.58. The topological polar surface area (TPSA) is 66.0 Å². The van der Waals surface area contributed by atoms with E-state index < -0.39 is 0 Å². The van der Waals surface area contributed by atoms with Gasteiger partial charge >= 0.3 is 0 Å². The largest absolute Gasteiger partial charge is 0.381 e. The number of nitrogens with one attached hydrogen (secondary N) is 2. The molecule has 0 bridgehead atoms. The van der Waals surface area contributed by atoms with Gasteiger partial charge in [-0.25, -0.2) is 0 Å². The quantitative estimate of drug-likeness (QED) is 0.347. The van der Waals surface area contributed by atoms with Gasteiger partial charge in [-0.3, -0.25) is 9.79 Å². The summed E-state index contributed by atoms with van der Waals surface area (Å²) in [7, 11) is 0. The number of amides is 1. The van der Waals surface area contributed by atoms with Crippen molar-refractivity contribution < 1.29 is 9.53 Å². The van der Waals surface area contributed by atoms with E-state index in [1.165, 1.54) is 5.56 Å². The van der Waals surface area contributed by atoms with Crippen LogP contribution in [0.1, 0.15) is 45.1 Å². The van der Waals surface area contributed by atoms with Gasteiger partial charge in [0.1, 0.15) is 0 Å². The molecule has 0 radical (unpaired) electrons. The minimum absolute atomic E-state index is 0.235. The van der Waals surface area contributed by atoms with Gasteiger partial charge in [0.25, 0.3) is 0 Å². The summed E-state index contributed by atoms with van der Waals surface area (Å²) in [5.74, 6) is 1.08. The SMILES string of the molecule is CCNC(=NCCCCOCCc1ccccc1)NC1CCN(C(=O)CC)C1. The van der Waals surface area contributed by atoms with Gasteiger partial charge in [-0.1, -0.05) is 37.3 Å². The highest BCUT2D eigenvalue weighted by Gasteiger charge is 2.25. The molecule has 0 aromatic heterocycles. The average molecular weight is 389 g/mol. The Morgan fingerprint density at radius 3 is 2.79 bits per heavy atom. The first-order valence-electron chi connectivity index (χ1n) is 10.7. The van der Waals surface area contributed by atoms with Crippen molar-refractivity contribution in [2.75, 3.05) is 39.4 Å². The predicted molar refractivity (Wildman–Crippen MR) is 115 cm³/mol. The molecule has 1 aliphatic heterocycles. The zero-order valence-electron chi connectivity index (χ0n) is 17.5. The Kier molecular flexibility index (Phi) is 10.4. The Bertz CT molecular complexity index is 591. The maximum absolute atomic E-state index is 11.8. The summed E-state index contributed by atoms with van der Waals surface area (Å²) in [6.07, 6.45) is 4.54. The number of guanidine groups is 1. The van der Waals surface area contributed by atoms with Gasteiger partial charge in [-0.15, -0.1) is 0 Å². The monoisotopic (exact) mass is 388 g/mol. The van der Waals surface area contributed by atoms with Crippen molar-refractivity contribution in [3.8, 4) is 0 Å². The Morgan fingerprint density at radius 2 is 2.04 bits per heavy atom. The number of hydrogen-bond acceptors (Lipinski definition) is 3. The summed E-state index contributed by atoms with van der Waals surface area (Å²) in [6, 6.07) is 10.7. The molecule has 1 unspecified atom stereocenters. The van der Waals surface area contributed by atoms with Gasteiger partial charge in [-0.2, -0.15) is 0 Å². The number of hydrogen-bond donors (Lipinski definition) is 2. The van der Waals surface area contributed by atoms with Crippen molar-refractivity contribution in [3.63, 3.8) is 0 Å². The summed E-state index contributed by atoms with van der Waals surface area (Å²) in [5, 5.41) is 6.77. The van der Waals surface area contributed by atoms with Crippen LogP contribution in [0.15, 0.2) is 35.3 Å². The zero-order chi connectivity index (χ0) is 20.0. The van der Waals surface area contributed by atoms with Crippen LogP contribution in [0, 0.1) is 0 Å². The number of benzene rings is 1. The lowest BCUT2D eigenvalue weighted by atomic mass is 10.2. The summed E-state index contributed by atoms with van der Waals surface area (Å²) >= 11 is 0.